The van der Waals surface area contributed by atoms with Crippen LogP contribution in [0, 0.1) is 20.8 Å². The number of aromatic nitrogens is 1. The number of halogens is 1. The first-order valence-corrected chi connectivity index (χ1v) is 5.78. The van der Waals surface area contributed by atoms with Gasteiger partial charge < -0.3 is 9.26 Å². The van der Waals surface area contributed by atoms with Gasteiger partial charge in [0, 0.05) is 5.02 Å². The summed E-state index contributed by atoms with van der Waals surface area (Å²) >= 11 is 5.84. The predicted octanol–water partition coefficient (Wildman–Crippen LogP) is 3.47. The van der Waals surface area contributed by atoms with E-state index in [0.29, 0.717) is 27.8 Å². The molecule has 1 aromatic carbocycles. The molecule has 2 rings (SSSR count). The van der Waals surface area contributed by atoms with Crippen molar-refractivity contribution in [2.75, 3.05) is 0 Å². The van der Waals surface area contributed by atoms with Crippen LogP contribution in [0.25, 0.3) is 0 Å². The highest BCUT2D eigenvalue weighted by atomic mass is 35.5. The lowest BCUT2D eigenvalue weighted by Crippen LogP contribution is -2.11. The summed E-state index contributed by atoms with van der Waals surface area (Å²) in [5.74, 6) is 0.449. The molecular weight excluding hydrogens is 254 g/mol. The average Bonchev–Trinajstić information content (AvgIpc) is 2.62. The Hall–Kier alpha value is -1.81. The highest BCUT2D eigenvalue weighted by Crippen LogP contribution is 2.23. The molecule has 0 amide bonds. The van der Waals surface area contributed by atoms with Crippen LogP contribution in [0.4, 0.5) is 0 Å². The molecule has 0 aliphatic heterocycles. The van der Waals surface area contributed by atoms with Gasteiger partial charge >= 0.3 is 5.97 Å². The Bertz CT molecular complexity index is 585. The van der Waals surface area contributed by atoms with E-state index in [9.17, 15) is 4.79 Å². The molecule has 0 saturated heterocycles. The number of benzene rings is 1. The second kappa shape index (κ2) is 4.82. The number of aryl methyl sites for hydroxylation is 3. The molecule has 0 spiro atoms. The molecule has 0 bridgehead atoms. The molecule has 94 valence electrons. The Morgan fingerprint density at radius 1 is 1.33 bits per heavy atom. The number of carbonyl (C=O) groups is 1. The molecule has 1 heterocycles. The third-order valence-corrected chi connectivity index (χ3v) is 2.81. The fraction of sp³-hybridized carbons (Fsp3) is 0.231. The molecule has 0 fully saturated rings. The lowest BCUT2D eigenvalue weighted by atomic mass is 10.2. The van der Waals surface area contributed by atoms with Gasteiger partial charge in [-0.1, -0.05) is 16.8 Å². The smallest absolute Gasteiger partial charge is 0.349 e. The van der Waals surface area contributed by atoms with E-state index in [1.54, 1.807) is 32.0 Å². The maximum absolute atomic E-state index is 12.0. The van der Waals surface area contributed by atoms with Crippen LogP contribution in [0.5, 0.6) is 5.75 Å². The molecule has 2 aromatic rings. The average molecular weight is 266 g/mol. The molecule has 1 aromatic heterocycles. The second-order valence-corrected chi connectivity index (χ2v) is 4.43. The number of ether oxygens (including phenoxy) is 1. The Kier molecular flexibility index (Phi) is 3.39. The minimum Gasteiger partial charge on any atom is -0.423 e. The molecule has 0 unspecified atom stereocenters. The van der Waals surface area contributed by atoms with E-state index in [0.717, 1.165) is 5.56 Å². The van der Waals surface area contributed by atoms with Crippen molar-refractivity contribution in [3.05, 3.63) is 45.8 Å². The van der Waals surface area contributed by atoms with Gasteiger partial charge in [-0.25, -0.2) is 4.79 Å². The van der Waals surface area contributed by atoms with E-state index < -0.39 is 5.97 Å². The monoisotopic (exact) mass is 265 g/mol. The Morgan fingerprint density at radius 3 is 2.61 bits per heavy atom. The fourth-order valence-corrected chi connectivity index (χ4v) is 1.88. The number of hydrogen-bond donors (Lipinski definition) is 0. The van der Waals surface area contributed by atoms with Crippen LogP contribution in [0.2, 0.25) is 5.02 Å². The molecular formula is C13H12ClNO3. The largest absolute Gasteiger partial charge is 0.423 e. The molecule has 18 heavy (non-hydrogen) atoms. The molecule has 4 nitrogen and oxygen atoms in total. The summed E-state index contributed by atoms with van der Waals surface area (Å²) < 4.78 is 10.2. The van der Waals surface area contributed by atoms with Crippen molar-refractivity contribution in [2.24, 2.45) is 0 Å². The fourth-order valence-electron chi connectivity index (χ4n) is 1.65. The van der Waals surface area contributed by atoms with Gasteiger partial charge in [0.2, 0.25) is 0 Å². The lowest BCUT2D eigenvalue weighted by molar-refractivity contribution is 0.0731. The summed E-state index contributed by atoms with van der Waals surface area (Å²) in [5, 5.41) is 4.32. The molecule has 0 aliphatic carbocycles. The van der Waals surface area contributed by atoms with Crippen molar-refractivity contribution < 1.29 is 14.1 Å². The molecule has 0 saturated carbocycles. The number of rotatable bonds is 2. The third-order valence-electron chi connectivity index (χ3n) is 2.58. The molecule has 0 atom stereocenters. The highest BCUT2D eigenvalue weighted by molar-refractivity contribution is 6.30. The van der Waals surface area contributed by atoms with Crippen molar-refractivity contribution in [3.8, 4) is 5.75 Å². The van der Waals surface area contributed by atoms with Crippen LogP contribution in [-0.2, 0) is 0 Å². The summed E-state index contributed by atoms with van der Waals surface area (Å²) in [6.45, 7) is 5.19. The topological polar surface area (TPSA) is 52.3 Å². The second-order valence-electron chi connectivity index (χ2n) is 4.00. The van der Waals surface area contributed by atoms with Crippen molar-refractivity contribution in [1.82, 2.24) is 5.16 Å². The Morgan fingerprint density at radius 2 is 2.06 bits per heavy atom. The first-order valence-electron chi connectivity index (χ1n) is 5.40. The normalized spacial score (nSPS) is 10.4. The van der Waals surface area contributed by atoms with Gasteiger partial charge in [-0.05, 0) is 44.5 Å². The first kappa shape index (κ1) is 12.6. The van der Waals surface area contributed by atoms with E-state index in [1.807, 2.05) is 6.92 Å². The van der Waals surface area contributed by atoms with Crippen molar-refractivity contribution in [3.63, 3.8) is 0 Å². The summed E-state index contributed by atoms with van der Waals surface area (Å²) in [6, 6.07) is 5.07. The number of esters is 1. The van der Waals surface area contributed by atoms with Crippen LogP contribution in [0.1, 0.15) is 27.4 Å². The number of nitrogens with zero attached hydrogens (tertiary/aromatic N) is 1. The van der Waals surface area contributed by atoms with Crippen LogP contribution < -0.4 is 4.74 Å². The van der Waals surface area contributed by atoms with E-state index >= 15 is 0 Å². The standard InChI is InChI=1S/C13H12ClNO3/c1-7-6-10(14)4-5-11(7)17-13(16)12-8(2)15-18-9(12)3/h4-6H,1-3H3. The summed E-state index contributed by atoms with van der Waals surface area (Å²) in [7, 11) is 0. The minimum atomic E-state index is -0.475. The quantitative estimate of drug-likeness (QED) is 0.616. The maximum Gasteiger partial charge on any atom is 0.349 e. The van der Waals surface area contributed by atoms with Crippen LogP contribution in [0.15, 0.2) is 22.7 Å². The molecule has 0 N–H and O–H groups in total. The zero-order valence-electron chi connectivity index (χ0n) is 10.3. The van der Waals surface area contributed by atoms with Gasteiger partial charge in [-0.15, -0.1) is 0 Å². The third kappa shape index (κ3) is 2.38. The molecule has 0 aliphatic rings. The zero-order chi connectivity index (χ0) is 13.3. The van der Waals surface area contributed by atoms with Gasteiger partial charge in [0.25, 0.3) is 0 Å². The number of hydrogen-bond acceptors (Lipinski definition) is 4. The zero-order valence-corrected chi connectivity index (χ0v) is 11.0. The summed E-state index contributed by atoms with van der Waals surface area (Å²) in [4.78, 5) is 12.0. The van der Waals surface area contributed by atoms with Gasteiger partial charge in [-0.2, -0.15) is 0 Å². The van der Waals surface area contributed by atoms with E-state index in [4.69, 9.17) is 20.9 Å². The Labute approximate surface area is 109 Å². The van der Waals surface area contributed by atoms with Gasteiger partial charge in [0.05, 0.1) is 5.69 Å². The van der Waals surface area contributed by atoms with Crippen LogP contribution in [-0.4, -0.2) is 11.1 Å². The molecule has 0 radical (unpaired) electrons. The SMILES string of the molecule is Cc1cc(Cl)ccc1OC(=O)c1c(C)noc1C. The van der Waals surface area contributed by atoms with E-state index in [2.05, 4.69) is 5.16 Å². The molecule has 5 heteroatoms. The number of carbonyl (C=O) groups excluding carboxylic acids is 1. The van der Waals surface area contributed by atoms with Crippen molar-refractivity contribution in [1.29, 1.82) is 0 Å². The summed E-state index contributed by atoms with van der Waals surface area (Å²) in [5.41, 5.74) is 1.68. The van der Waals surface area contributed by atoms with Crippen molar-refractivity contribution in [2.45, 2.75) is 20.8 Å². The first-order chi connectivity index (χ1) is 8.49. The van der Waals surface area contributed by atoms with Crippen LogP contribution >= 0.6 is 11.6 Å². The minimum absolute atomic E-state index is 0.365. The van der Waals surface area contributed by atoms with Crippen LogP contribution in [0.3, 0.4) is 0 Å². The lowest BCUT2D eigenvalue weighted by Gasteiger charge is -2.07. The van der Waals surface area contributed by atoms with Crippen molar-refractivity contribution >= 4 is 17.6 Å². The van der Waals surface area contributed by atoms with E-state index in [-0.39, 0.29) is 0 Å². The Balaban J connectivity index is 2.27. The van der Waals surface area contributed by atoms with Gasteiger partial charge in [-0.3, -0.25) is 0 Å². The highest BCUT2D eigenvalue weighted by Gasteiger charge is 2.20. The summed E-state index contributed by atoms with van der Waals surface area (Å²) in [6.07, 6.45) is 0. The predicted molar refractivity (Wildman–Crippen MR) is 67.1 cm³/mol. The maximum atomic E-state index is 12.0. The van der Waals surface area contributed by atoms with Gasteiger partial charge in [0.1, 0.15) is 17.1 Å². The van der Waals surface area contributed by atoms with Gasteiger partial charge in [0.15, 0.2) is 0 Å². The van der Waals surface area contributed by atoms with E-state index in [1.165, 1.54) is 0 Å².